The first-order valence-electron chi connectivity index (χ1n) is 6.89. The highest BCUT2D eigenvalue weighted by atomic mass is 19.3. The molecule has 0 unspecified atom stereocenters. The number of hydrogen-bond acceptors (Lipinski definition) is 4. The highest BCUT2D eigenvalue weighted by molar-refractivity contribution is 5.91. The van der Waals surface area contributed by atoms with E-state index in [1.165, 1.54) is 25.3 Å². The average molecular weight is 325 g/mol. The predicted octanol–water partition coefficient (Wildman–Crippen LogP) is 2.83. The van der Waals surface area contributed by atoms with Crippen molar-refractivity contribution in [2.75, 3.05) is 12.4 Å². The lowest BCUT2D eigenvalue weighted by Crippen LogP contribution is -2.15. The van der Waals surface area contributed by atoms with Crippen LogP contribution >= 0.6 is 0 Å². The number of carbonyl (C=O) groups is 1. The molecule has 0 bridgehead atoms. The number of hydrogen-bond donors (Lipinski definition) is 1. The van der Waals surface area contributed by atoms with Gasteiger partial charge in [-0.15, -0.1) is 0 Å². The Morgan fingerprint density at radius 2 is 2.17 bits per heavy atom. The number of amides is 1. The van der Waals surface area contributed by atoms with Crippen LogP contribution in [-0.4, -0.2) is 29.4 Å². The van der Waals surface area contributed by atoms with Gasteiger partial charge >= 0.3 is 6.61 Å². The first kappa shape index (κ1) is 16.7. The quantitative estimate of drug-likeness (QED) is 0.850. The summed E-state index contributed by atoms with van der Waals surface area (Å²) in [6.07, 6.45) is 3.79. The van der Waals surface area contributed by atoms with Crippen LogP contribution in [0.15, 0.2) is 30.6 Å². The van der Waals surface area contributed by atoms with Crippen molar-refractivity contribution in [1.29, 1.82) is 0 Å². The van der Waals surface area contributed by atoms with Crippen LogP contribution < -0.4 is 14.8 Å². The minimum atomic E-state index is -2.94. The molecule has 1 aromatic carbocycles. The molecule has 0 aliphatic carbocycles. The van der Waals surface area contributed by atoms with Crippen molar-refractivity contribution in [3.05, 3.63) is 36.2 Å². The van der Waals surface area contributed by atoms with Crippen LogP contribution in [0.5, 0.6) is 11.5 Å². The maximum Gasteiger partial charge on any atom is 0.387 e. The van der Waals surface area contributed by atoms with E-state index in [2.05, 4.69) is 15.2 Å². The van der Waals surface area contributed by atoms with Crippen molar-refractivity contribution in [2.45, 2.75) is 26.5 Å². The van der Waals surface area contributed by atoms with Gasteiger partial charge in [0.05, 0.1) is 13.3 Å². The van der Waals surface area contributed by atoms with Gasteiger partial charge in [0.1, 0.15) is 0 Å². The van der Waals surface area contributed by atoms with Gasteiger partial charge in [-0.1, -0.05) is 0 Å². The average Bonchev–Trinajstić information content (AvgIpc) is 2.92. The maximum atomic E-state index is 12.3. The van der Waals surface area contributed by atoms with Gasteiger partial charge in [0.15, 0.2) is 11.5 Å². The molecule has 0 saturated carbocycles. The number of nitrogens with zero attached hydrogens (tertiary/aromatic N) is 2. The third-order valence-electron chi connectivity index (χ3n) is 2.99. The number of aryl methyl sites for hydroxylation is 2. The lowest BCUT2D eigenvalue weighted by Gasteiger charge is -2.12. The fraction of sp³-hybridized carbons (Fsp3) is 0.333. The molecule has 0 atom stereocenters. The molecular weight excluding hydrogens is 308 g/mol. The molecule has 124 valence electrons. The first-order chi connectivity index (χ1) is 11.0. The van der Waals surface area contributed by atoms with Gasteiger partial charge in [-0.3, -0.25) is 9.48 Å². The topological polar surface area (TPSA) is 65.4 Å². The number of rotatable bonds is 7. The van der Waals surface area contributed by atoms with Crippen molar-refractivity contribution in [3.63, 3.8) is 0 Å². The summed E-state index contributed by atoms with van der Waals surface area (Å²) in [5.41, 5.74) is 1.45. The number of ether oxygens (including phenoxy) is 2. The van der Waals surface area contributed by atoms with Crippen LogP contribution in [0.3, 0.4) is 0 Å². The Labute approximate surface area is 132 Å². The lowest BCUT2D eigenvalue weighted by atomic mass is 10.2. The Morgan fingerprint density at radius 3 is 2.78 bits per heavy atom. The Kier molecular flexibility index (Phi) is 5.51. The normalized spacial score (nSPS) is 10.7. The molecule has 2 aromatic rings. The summed E-state index contributed by atoms with van der Waals surface area (Å²) in [6, 6.07) is 4.21. The van der Waals surface area contributed by atoms with Crippen molar-refractivity contribution in [1.82, 2.24) is 9.78 Å². The summed E-state index contributed by atoms with van der Waals surface area (Å²) >= 11 is 0. The standard InChI is InChI=1S/C15H17F2N3O3/c1-10-8-18-20(9-10)6-5-14(21)19-11-3-4-12(23-15(16)17)13(7-11)22-2/h3-4,7-9,15H,5-6H2,1-2H3,(H,19,21). The minimum absolute atomic E-state index is 0.0903. The zero-order chi connectivity index (χ0) is 16.8. The Bertz CT molecular complexity index is 674. The van der Waals surface area contributed by atoms with Crippen LogP contribution in [0.1, 0.15) is 12.0 Å². The van der Waals surface area contributed by atoms with Crippen LogP contribution in [-0.2, 0) is 11.3 Å². The summed E-state index contributed by atoms with van der Waals surface area (Å²) in [7, 11) is 1.33. The predicted molar refractivity (Wildman–Crippen MR) is 79.8 cm³/mol. The molecule has 1 amide bonds. The largest absolute Gasteiger partial charge is 0.493 e. The number of aromatic nitrogens is 2. The van der Waals surface area contributed by atoms with Crippen LogP contribution in [0.25, 0.3) is 0 Å². The smallest absolute Gasteiger partial charge is 0.387 e. The Hall–Kier alpha value is -2.64. The van der Waals surface area contributed by atoms with E-state index in [0.717, 1.165) is 5.56 Å². The summed E-state index contributed by atoms with van der Waals surface area (Å²) in [5, 5.41) is 6.76. The fourth-order valence-electron chi connectivity index (χ4n) is 1.97. The molecule has 1 heterocycles. The fourth-order valence-corrected chi connectivity index (χ4v) is 1.97. The van der Waals surface area contributed by atoms with Crippen molar-refractivity contribution in [2.24, 2.45) is 0 Å². The number of halogens is 2. The van der Waals surface area contributed by atoms with Crippen LogP contribution in [0.2, 0.25) is 0 Å². The summed E-state index contributed by atoms with van der Waals surface area (Å²) in [4.78, 5) is 11.9. The highest BCUT2D eigenvalue weighted by Crippen LogP contribution is 2.31. The Balaban J connectivity index is 1.94. The van der Waals surface area contributed by atoms with Crippen LogP contribution in [0, 0.1) is 6.92 Å². The van der Waals surface area contributed by atoms with Crippen molar-refractivity contribution >= 4 is 11.6 Å². The summed E-state index contributed by atoms with van der Waals surface area (Å²) in [5.74, 6) is -0.193. The van der Waals surface area contributed by atoms with Gasteiger partial charge in [0.2, 0.25) is 5.91 Å². The van der Waals surface area contributed by atoms with Crippen LogP contribution in [0.4, 0.5) is 14.5 Å². The van der Waals surface area contributed by atoms with E-state index in [9.17, 15) is 13.6 Å². The van der Waals surface area contributed by atoms with Gasteiger partial charge in [-0.25, -0.2) is 0 Å². The zero-order valence-electron chi connectivity index (χ0n) is 12.8. The maximum absolute atomic E-state index is 12.3. The molecular formula is C15H17F2N3O3. The van der Waals surface area contributed by atoms with Gasteiger partial charge in [0.25, 0.3) is 0 Å². The summed E-state index contributed by atoms with van der Waals surface area (Å²) in [6.45, 7) is -0.579. The second-order valence-corrected chi connectivity index (χ2v) is 4.82. The molecule has 1 aromatic heterocycles. The molecule has 0 fully saturated rings. The van der Waals surface area contributed by atoms with E-state index < -0.39 is 6.61 Å². The lowest BCUT2D eigenvalue weighted by molar-refractivity contribution is -0.116. The molecule has 2 rings (SSSR count). The number of methoxy groups -OCH3 is 1. The van der Waals surface area contributed by atoms with E-state index >= 15 is 0 Å². The molecule has 0 saturated heterocycles. The molecule has 0 radical (unpaired) electrons. The third-order valence-corrected chi connectivity index (χ3v) is 2.99. The molecule has 8 heteroatoms. The SMILES string of the molecule is COc1cc(NC(=O)CCn2cc(C)cn2)ccc1OC(F)F. The molecule has 0 spiro atoms. The van der Waals surface area contributed by atoms with E-state index in [1.54, 1.807) is 10.9 Å². The highest BCUT2D eigenvalue weighted by Gasteiger charge is 2.12. The van der Waals surface area contributed by atoms with Crippen molar-refractivity contribution < 1.29 is 23.0 Å². The molecule has 1 N–H and O–H groups in total. The first-order valence-corrected chi connectivity index (χ1v) is 6.89. The second-order valence-electron chi connectivity index (χ2n) is 4.82. The van der Waals surface area contributed by atoms with E-state index in [-0.39, 0.29) is 23.8 Å². The van der Waals surface area contributed by atoms with Gasteiger partial charge in [0, 0.05) is 30.9 Å². The number of carbonyl (C=O) groups excluding carboxylic acids is 1. The zero-order valence-corrected chi connectivity index (χ0v) is 12.8. The number of alkyl halides is 2. The second kappa shape index (κ2) is 7.57. The monoisotopic (exact) mass is 325 g/mol. The molecule has 0 aliphatic heterocycles. The van der Waals surface area contributed by atoms with Crippen molar-refractivity contribution in [3.8, 4) is 11.5 Å². The number of benzene rings is 1. The van der Waals surface area contributed by atoms with E-state index in [0.29, 0.717) is 12.2 Å². The minimum Gasteiger partial charge on any atom is -0.493 e. The summed E-state index contributed by atoms with van der Waals surface area (Å²) < 4.78 is 35.5. The third kappa shape index (κ3) is 4.94. The van der Waals surface area contributed by atoms with E-state index in [1.807, 2.05) is 13.1 Å². The molecule has 6 nitrogen and oxygen atoms in total. The van der Waals surface area contributed by atoms with Gasteiger partial charge < -0.3 is 14.8 Å². The number of nitrogens with one attached hydrogen (secondary N) is 1. The van der Waals surface area contributed by atoms with Gasteiger partial charge in [-0.05, 0) is 24.6 Å². The van der Waals surface area contributed by atoms with E-state index in [4.69, 9.17) is 4.74 Å². The molecule has 0 aliphatic rings. The molecule has 23 heavy (non-hydrogen) atoms. The van der Waals surface area contributed by atoms with Gasteiger partial charge in [-0.2, -0.15) is 13.9 Å². The number of anilines is 1. The Morgan fingerprint density at radius 1 is 1.39 bits per heavy atom.